The molecule has 0 spiro atoms. The highest BCUT2D eigenvalue weighted by atomic mass is 32.1. The van der Waals surface area contributed by atoms with E-state index in [1.54, 1.807) is 18.3 Å². The van der Waals surface area contributed by atoms with E-state index >= 15 is 0 Å². The molecule has 0 unspecified atom stereocenters. The smallest absolute Gasteiger partial charge is 0.236 e. The maximum absolute atomic E-state index is 11.3. The van der Waals surface area contributed by atoms with Gasteiger partial charge in [-0.3, -0.25) is 4.79 Å². The summed E-state index contributed by atoms with van der Waals surface area (Å²) in [5.74, 6) is -0.0930. The summed E-state index contributed by atoms with van der Waals surface area (Å²) in [5.41, 5.74) is 6.76. The molecule has 1 aromatic carbocycles. The number of rotatable bonds is 4. The van der Waals surface area contributed by atoms with E-state index in [0.717, 1.165) is 6.42 Å². The summed E-state index contributed by atoms with van der Waals surface area (Å²) in [7, 11) is 0. The zero-order valence-corrected chi connectivity index (χ0v) is 10.6. The van der Waals surface area contributed by atoms with Gasteiger partial charge in [0, 0.05) is 11.2 Å². The summed E-state index contributed by atoms with van der Waals surface area (Å²) >= 11 is 1.74. The minimum atomic E-state index is -0.436. The van der Waals surface area contributed by atoms with E-state index in [1.807, 2.05) is 12.1 Å². The van der Waals surface area contributed by atoms with E-state index in [2.05, 4.69) is 22.8 Å². The molecule has 0 aliphatic rings. The van der Waals surface area contributed by atoms with Crippen LogP contribution in [-0.2, 0) is 11.2 Å². The van der Waals surface area contributed by atoms with E-state index in [-0.39, 0.29) is 5.91 Å². The van der Waals surface area contributed by atoms with Crippen LogP contribution in [0.1, 0.15) is 12.5 Å². The predicted molar refractivity (Wildman–Crippen MR) is 72.2 cm³/mol. The number of nitrogens with one attached hydrogen (secondary N) is 1. The number of thiophene rings is 1. The Labute approximate surface area is 105 Å². The van der Waals surface area contributed by atoms with Gasteiger partial charge in [-0.2, -0.15) is 0 Å². The summed E-state index contributed by atoms with van der Waals surface area (Å²) in [6.07, 6.45) is 0.850. The fourth-order valence-corrected chi connectivity index (χ4v) is 2.71. The summed E-state index contributed by atoms with van der Waals surface area (Å²) in [5, 5.41) is 6.27. The molecule has 0 bridgehead atoms. The number of hydrogen-bond donors (Lipinski definition) is 2. The average molecular weight is 248 g/mol. The van der Waals surface area contributed by atoms with Gasteiger partial charge in [-0.15, -0.1) is 11.3 Å². The fourth-order valence-electron chi connectivity index (χ4n) is 1.71. The number of carbonyl (C=O) groups excluding carboxylic acids is 1. The first kappa shape index (κ1) is 12.1. The number of hydrogen-bond acceptors (Lipinski definition) is 3. The molecule has 0 saturated heterocycles. The second kappa shape index (κ2) is 5.29. The monoisotopic (exact) mass is 248 g/mol. The van der Waals surface area contributed by atoms with Gasteiger partial charge in [-0.1, -0.05) is 18.2 Å². The Kier molecular flexibility index (Phi) is 3.76. The molecule has 2 rings (SSSR count). The third kappa shape index (κ3) is 2.84. The minimum Gasteiger partial charge on any atom is -0.354 e. The van der Waals surface area contributed by atoms with Crippen molar-refractivity contribution in [2.75, 3.05) is 6.54 Å². The van der Waals surface area contributed by atoms with Gasteiger partial charge >= 0.3 is 0 Å². The molecule has 3 nitrogen and oxygen atoms in total. The molecule has 17 heavy (non-hydrogen) atoms. The van der Waals surface area contributed by atoms with Crippen LogP contribution in [0, 0.1) is 0 Å². The predicted octanol–water partition coefficient (Wildman–Crippen LogP) is 1.91. The van der Waals surface area contributed by atoms with Crippen molar-refractivity contribution in [3.63, 3.8) is 0 Å². The average Bonchev–Trinajstić information content (AvgIpc) is 2.72. The first-order valence-electron chi connectivity index (χ1n) is 5.67. The van der Waals surface area contributed by atoms with Gasteiger partial charge in [0.2, 0.25) is 5.91 Å². The molecule has 0 aliphatic carbocycles. The third-order valence-corrected chi connectivity index (χ3v) is 3.68. The lowest BCUT2D eigenvalue weighted by Crippen LogP contribution is -2.39. The molecule has 1 heterocycles. The standard InChI is InChI=1S/C13H16N2OS/c1-9(14)13(16)15-7-6-10-8-17-12-5-3-2-4-11(10)12/h2-5,8-9H,6-7,14H2,1H3,(H,15,16)/t9-/m0/s1. The second-order valence-corrected chi connectivity index (χ2v) is 5.00. The molecular weight excluding hydrogens is 232 g/mol. The van der Waals surface area contributed by atoms with Crippen molar-refractivity contribution in [1.82, 2.24) is 5.32 Å². The molecule has 3 N–H and O–H groups in total. The van der Waals surface area contributed by atoms with Gasteiger partial charge in [-0.25, -0.2) is 0 Å². The fraction of sp³-hybridized carbons (Fsp3) is 0.308. The van der Waals surface area contributed by atoms with Gasteiger partial charge in [0.1, 0.15) is 0 Å². The highest BCUT2D eigenvalue weighted by molar-refractivity contribution is 7.17. The van der Waals surface area contributed by atoms with Gasteiger partial charge in [-0.05, 0) is 35.7 Å². The summed E-state index contributed by atoms with van der Waals surface area (Å²) in [6.45, 7) is 2.33. The van der Waals surface area contributed by atoms with E-state index in [9.17, 15) is 4.79 Å². The van der Waals surface area contributed by atoms with Crippen LogP contribution in [0.15, 0.2) is 29.6 Å². The molecule has 0 aliphatic heterocycles. The maximum atomic E-state index is 11.3. The van der Waals surface area contributed by atoms with Crippen LogP contribution in [0.4, 0.5) is 0 Å². The van der Waals surface area contributed by atoms with Crippen molar-refractivity contribution >= 4 is 27.3 Å². The lowest BCUT2D eigenvalue weighted by atomic mass is 10.1. The maximum Gasteiger partial charge on any atom is 0.236 e. The number of benzene rings is 1. The summed E-state index contributed by atoms with van der Waals surface area (Å²) in [4.78, 5) is 11.3. The van der Waals surface area contributed by atoms with Crippen LogP contribution in [0.5, 0.6) is 0 Å². The highest BCUT2D eigenvalue weighted by Gasteiger charge is 2.07. The Hall–Kier alpha value is -1.39. The number of fused-ring (bicyclic) bond motifs is 1. The molecular formula is C13H16N2OS. The van der Waals surface area contributed by atoms with Crippen molar-refractivity contribution in [3.8, 4) is 0 Å². The lowest BCUT2D eigenvalue weighted by molar-refractivity contribution is -0.121. The number of amides is 1. The molecule has 1 atom stereocenters. The third-order valence-electron chi connectivity index (χ3n) is 2.67. The second-order valence-electron chi connectivity index (χ2n) is 4.09. The first-order chi connectivity index (χ1) is 8.18. The largest absolute Gasteiger partial charge is 0.354 e. The Balaban J connectivity index is 1.98. The first-order valence-corrected chi connectivity index (χ1v) is 6.55. The van der Waals surface area contributed by atoms with E-state index in [4.69, 9.17) is 5.73 Å². The van der Waals surface area contributed by atoms with E-state index in [0.29, 0.717) is 6.54 Å². The molecule has 0 radical (unpaired) electrons. The van der Waals surface area contributed by atoms with Crippen molar-refractivity contribution in [2.45, 2.75) is 19.4 Å². The summed E-state index contributed by atoms with van der Waals surface area (Å²) < 4.78 is 1.29. The molecule has 1 amide bonds. The van der Waals surface area contributed by atoms with Crippen molar-refractivity contribution < 1.29 is 4.79 Å². The van der Waals surface area contributed by atoms with Crippen LogP contribution >= 0.6 is 11.3 Å². The zero-order chi connectivity index (χ0) is 12.3. The normalized spacial score (nSPS) is 12.6. The van der Waals surface area contributed by atoms with E-state index in [1.165, 1.54) is 15.6 Å². The van der Waals surface area contributed by atoms with Crippen LogP contribution < -0.4 is 11.1 Å². The van der Waals surface area contributed by atoms with Crippen LogP contribution in [-0.4, -0.2) is 18.5 Å². The molecule has 90 valence electrons. The minimum absolute atomic E-state index is 0.0930. The van der Waals surface area contributed by atoms with Crippen molar-refractivity contribution in [3.05, 3.63) is 35.2 Å². The molecule has 0 saturated carbocycles. The van der Waals surface area contributed by atoms with Crippen molar-refractivity contribution in [2.24, 2.45) is 5.73 Å². The van der Waals surface area contributed by atoms with Crippen molar-refractivity contribution in [1.29, 1.82) is 0 Å². The van der Waals surface area contributed by atoms with Gasteiger partial charge in [0.15, 0.2) is 0 Å². The van der Waals surface area contributed by atoms with Gasteiger partial charge in [0.25, 0.3) is 0 Å². The molecule has 1 aromatic heterocycles. The number of carbonyl (C=O) groups is 1. The molecule has 0 fully saturated rings. The summed E-state index contributed by atoms with van der Waals surface area (Å²) in [6, 6.07) is 7.88. The topological polar surface area (TPSA) is 55.1 Å². The number of nitrogens with two attached hydrogens (primary N) is 1. The Bertz CT molecular complexity index is 519. The van der Waals surface area contributed by atoms with Crippen LogP contribution in [0.25, 0.3) is 10.1 Å². The Morgan fingerprint density at radius 1 is 1.47 bits per heavy atom. The Morgan fingerprint density at radius 3 is 3.00 bits per heavy atom. The highest BCUT2D eigenvalue weighted by Crippen LogP contribution is 2.25. The Morgan fingerprint density at radius 2 is 2.24 bits per heavy atom. The van der Waals surface area contributed by atoms with Crippen LogP contribution in [0.2, 0.25) is 0 Å². The van der Waals surface area contributed by atoms with Gasteiger partial charge in [0.05, 0.1) is 6.04 Å². The zero-order valence-electron chi connectivity index (χ0n) is 9.77. The quantitative estimate of drug-likeness (QED) is 0.868. The lowest BCUT2D eigenvalue weighted by Gasteiger charge is -2.06. The van der Waals surface area contributed by atoms with E-state index < -0.39 is 6.04 Å². The van der Waals surface area contributed by atoms with Gasteiger partial charge < -0.3 is 11.1 Å². The molecule has 4 heteroatoms. The SMILES string of the molecule is C[C@H](N)C(=O)NCCc1csc2ccccc12. The van der Waals surface area contributed by atoms with Crippen LogP contribution in [0.3, 0.4) is 0 Å². The molecule has 2 aromatic rings.